The van der Waals surface area contributed by atoms with E-state index in [0.717, 1.165) is 12.8 Å². The maximum Gasteiger partial charge on any atom is 0.305 e. The minimum Gasteiger partial charge on any atom is -0.489 e. The lowest BCUT2D eigenvalue weighted by atomic mass is 10.1. The van der Waals surface area contributed by atoms with E-state index in [1.807, 2.05) is 18.2 Å². The predicted octanol–water partition coefficient (Wildman–Crippen LogP) is 3.72. The first-order valence-electron chi connectivity index (χ1n) is 18.1. The summed E-state index contributed by atoms with van der Waals surface area (Å²) in [5.41, 5.74) is 6.44. The van der Waals surface area contributed by atoms with Gasteiger partial charge in [0.25, 0.3) is 0 Å². The van der Waals surface area contributed by atoms with Crippen molar-refractivity contribution < 1.29 is 61.6 Å². The van der Waals surface area contributed by atoms with Crippen molar-refractivity contribution in [3.8, 4) is 5.75 Å². The van der Waals surface area contributed by atoms with Gasteiger partial charge in [-0.05, 0) is 18.6 Å². The maximum atomic E-state index is 11.6. The molecule has 14 nitrogen and oxygen atoms in total. The third kappa shape index (κ3) is 33.1. The van der Waals surface area contributed by atoms with Gasteiger partial charge < -0.3 is 62.6 Å². The Balaban J connectivity index is 1.64. The van der Waals surface area contributed by atoms with Crippen LogP contribution in [-0.4, -0.2) is 151 Å². The third-order valence-electron chi connectivity index (χ3n) is 6.73. The third-order valence-corrected chi connectivity index (χ3v) is 6.73. The van der Waals surface area contributed by atoms with E-state index in [9.17, 15) is 4.79 Å². The zero-order chi connectivity index (χ0) is 35.8. The summed E-state index contributed by atoms with van der Waals surface area (Å²) in [6.45, 7) is 12.6. The van der Waals surface area contributed by atoms with Crippen molar-refractivity contribution in [2.45, 2.75) is 45.4 Å². The summed E-state index contributed by atoms with van der Waals surface area (Å²) in [6.07, 6.45) is 6.06. The van der Waals surface area contributed by atoms with E-state index >= 15 is 0 Å². The molecule has 0 heterocycles. The molecule has 0 spiro atoms. The molecule has 0 saturated carbocycles. The molecule has 0 atom stereocenters. The number of para-hydroxylation sites is 2. The minimum absolute atomic E-state index is 0.149. The van der Waals surface area contributed by atoms with Gasteiger partial charge in [-0.1, -0.05) is 44.7 Å². The molecular weight excluding hydrogens is 654 g/mol. The number of carbonyl (C=O) groups excluding carboxylic acids is 1. The smallest absolute Gasteiger partial charge is 0.305 e. The van der Waals surface area contributed by atoms with Gasteiger partial charge in [-0.2, -0.15) is 0 Å². The molecule has 292 valence electrons. The summed E-state index contributed by atoms with van der Waals surface area (Å²) >= 11 is 0. The SMILES string of the molecule is CCCCCCCC(=O)OCCOCCOCCOCCOCCOCCOCCOCCOCCOCCOCCOc1ccccc1N. The largest absolute Gasteiger partial charge is 0.489 e. The molecule has 1 rings (SSSR count). The number of nitrogen functional groups attached to an aromatic ring is 1. The number of unbranched alkanes of at least 4 members (excludes halogenated alkanes) is 4. The van der Waals surface area contributed by atoms with Crippen LogP contribution in [0.25, 0.3) is 0 Å². The Labute approximate surface area is 299 Å². The van der Waals surface area contributed by atoms with Crippen LogP contribution < -0.4 is 10.5 Å². The van der Waals surface area contributed by atoms with E-state index in [1.54, 1.807) is 6.07 Å². The number of carbonyl (C=O) groups is 1. The van der Waals surface area contributed by atoms with Crippen molar-refractivity contribution >= 4 is 11.7 Å². The number of hydrogen-bond donors (Lipinski definition) is 1. The van der Waals surface area contributed by atoms with E-state index in [-0.39, 0.29) is 12.6 Å². The van der Waals surface area contributed by atoms with Crippen LogP contribution in [0.15, 0.2) is 24.3 Å². The highest BCUT2D eigenvalue weighted by Gasteiger charge is 2.03. The van der Waals surface area contributed by atoms with Crippen molar-refractivity contribution in [2.75, 3.05) is 151 Å². The lowest BCUT2D eigenvalue weighted by Gasteiger charge is -2.10. The monoisotopic (exact) mass is 719 g/mol. The number of benzene rings is 1. The fourth-order valence-electron chi connectivity index (χ4n) is 4.06. The molecule has 0 aliphatic carbocycles. The second kappa shape index (κ2) is 38.1. The summed E-state index contributed by atoms with van der Waals surface area (Å²) in [4.78, 5) is 11.6. The van der Waals surface area contributed by atoms with Gasteiger partial charge in [0.05, 0.1) is 138 Å². The molecule has 0 aliphatic rings. The minimum atomic E-state index is -0.149. The number of anilines is 1. The fraction of sp³-hybridized carbons (Fsp3) is 0.806. The molecule has 2 N–H and O–H groups in total. The Kier molecular flexibility index (Phi) is 35.0. The van der Waals surface area contributed by atoms with Crippen molar-refractivity contribution in [1.29, 1.82) is 0 Å². The van der Waals surface area contributed by atoms with Gasteiger partial charge in [0.15, 0.2) is 0 Å². The number of esters is 1. The molecule has 0 aromatic heterocycles. The van der Waals surface area contributed by atoms with Gasteiger partial charge in [-0.25, -0.2) is 0 Å². The average Bonchev–Trinajstić information content (AvgIpc) is 3.12. The number of rotatable bonds is 40. The van der Waals surface area contributed by atoms with Crippen LogP contribution in [0.1, 0.15) is 45.4 Å². The molecule has 0 fully saturated rings. The summed E-state index contributed by atoms with van der Waals surface area (Å²) in [7, 11) is 0. The van der Waals surface area contributed by atoms with Crippen molar-refractivity contribution in [3.05, 3.63) is 24.3 Å². The first-order valence-corrected chi connectivity index (χ1v) is 18.1. The van der Waals surface area contributed by atoms with Gasteiger partial charge in [-0.3, -0.25) is 4.79 Å². The van der Waals surface area contributed by atoms with Gasteiger partial charge in [0, 0.05) is 6.42 Å². The van der Waals surface area contributed by atoms with Crippen LogP contribution in [0.3, 0.4) is 0 Å². The van der Waals surface area contributed by atoms with E-state index in [0.29, 0.717) is 157 Å². The van der Waals surface area contributed by atoms with E-state index in [2.05, 4.69) is 6.92 Å². The number of hydrogen-bond acceptors (Lipinski definition) is 14. The highest BCUT2D eigenvalue weighted by molar-refractivity contribution is 5.69. The Morgan fingerprint density at radius 2 is 0.800 bits per heavy atom. The normalized spacial score (nSPS) is 11.3. The lowest BCUT2D eigenvalue weighted by Crippen LogP contribution is -2.15. The average molecular weight is 720 g/mol. The van der Waals surface area contributed by atoms with Gasteiger partial charge in [0.2, 0.25) is 0 Å². The van der Waals surface area contributed by atoms with Crippen molar-refractivity contribution in [3.63, 3.8) is 0 Å². The standard InChI is InChI=1S/C36H65NO13/c1-2-3-4-5-6-11-36(38)50-33-31-48-29-27-46-25-23-44-21-19-42-17-15-40-13-12-39-14-16-41-18-20-43-22-24-45-26-28-47-30-32-49-35-10-8-7-9-34(35)37/h7-10H,2-6,11-33,37H2,1H3. The van der Waals surface area contributed by atoms with E-state index in [4.69, 9.17) is 62.6 Å². The number of nitrogens with two attached hydrogens (primary N) is 1. The summed E-state index contributed by atoms with van der Waals surface area (Å²) in [5.74, 6) is 0.517. The predicted molar refractivity (Wildman–Crippen MR) is 189 cm³/mol. The zero-order valence-electron chi connectivity index (χ0n) is 30.5. The molecule has 0 saturated heterocycles. The highest BCUT2D eigenvalue weighted by Crippen LogP contribution is 2.19. The van der Waals surface area contributed by atoms with Crippen LogP contribution >= 0.6 is 0 Å². The molecule has 0 unspecified atom stereocenters. The topological polar surface area (TPSA) is 154 Å². The van der Waals surface area contributed by atoms with Crippen LogP contribution in [0.4, 0.5) is 5.69 Å². The summed E-state index contributed by atoms with van der Waals surface area (Å²) < 4.78 is 65.4. The van der Waals surface area contributed by atoms with Gasteiger partial charge in [0.1, 0.15) is 19.0 Å². The fourth-order valence-corrected chi connectivity index (χ4v) is 4.06. The van der Waals surface area contributed by atoms with E-state index in [1.165, 1.54) is 19.3 Å². The highest BCUT2D eigenvalue weighted by atomic mass is 16.6. The second-order valence-corrected chi connectivity index (χ2v) is 10.9. The zero-order valence-corrected chi connectivity index (χ0v) is 30.5. The number of ether oxygens (including phenoxy) is 12. The van der Waals surface area contributed by atoms with Crippen molar-refractivity contribution in [2.24, 2.45) is 0 Å². The first-order chi connectivity index (χ1) is 24.7. The second-order valence-electron chi connectivity index (χ2n) is 10.9. The maximum absolute atomic E-state index is 11.6. The van der Waals surface area contributed by atoms with E-state index < -0.39 is 0 Å². The Morgan fingerprint density at radius 3 is 1.18 bits per heavy atom. The Hall–Kier alpha value is -2.11. The van der Waals surface area contributed by atoms with Gasteiger partial charge in [-0.15, -0.1) is 0 Å². The molecule has 14 heteroatoms. The molecule has 0 amide bonds. The molecule has 0 bridgehead atoms. The van der Waals surface area contributed by atoms with Gasteiger partial charge >= 0.3 is 5.97 Å². The molecule has 0 radical (unpaired) electrons. The first kappa shape index (κ1) is 45.9. The summed E-state index contributed by atoms with van der Waals surface area (Å²) in [6, 6.07) is 7.37. The lowest BCUT2D eigenvalue weighted by molar-refractivity contribution is -0.145. The van der Waals surface area contributed by atoms with Crippen LogP contribution in [0.2, 0.25) is 0 Å². The van der Waals surface area contributed by atoms with Crippen LogP contribution in [0.5, 0.6) is 5.75 Å². The molecular formula is C36H65NO13. The molecule has 0 aliphatic heterocycles. The molecule has 1 aromatic carbocycles. The van der Waals surface area contributed by atoms with Crippen molar-refractivity contribution in [1.82, 2.24) is 0 Å². The summed E-state index contributed by atoms with van der Waals surface area (Å²) in [5, 5.41) is 0. The Morgan fingerprint density at radius 1 is 0.460 bits per heavy atom. The Bertz CT molecular complexity index is 852. The molecule has 50 heavy (non-hydrogen) atoms. The van der Waals surface area contributed by atoms with Crippen LogP contribution in [-0.2, 0) is 56.9 Å². The quantitative estimate of drug-likeness (QED) is 0.0596. The molecule has 1 aromatic rings. The van der Waals surface area contributed by atoms with Crippen LogP contribution in [0, 0.1) is 0 Å².